The third-order valence-corrected chi connectivity index (χ3v) is 3.76. The van der Waals surface area contributed by atoms with Gasteiger partial charge in [-0.2, -0.15) is 0 Å². The highest BCUT2D eigenvalue weighted by molar-refractivity contribution is 5.78. The molecule has 4 nitrogen and oxygen atoms in total. The number of nitrogens with two attached hydrogens (primary N) is 2. The van der Waals surface area contributed by atoms with Crippen molar-refractivity contribution in [3.05, 3.63) is 29.6 Å². The minimum Gasteiger partial charge on any atom is -0.466 e. The first-order valence-corrected chi connectivity index (χ1v) is 6.78. The Labute approximate surface area is 119 Å². The number of nitrogen functional groups attached to an aromatic ring is 1. The number of carbonyl (C=O) groups excluding carboxylic acids is 1. The molecule has 20 heavy (non-hydrogen) atoms. The Morgan fingerprint density at radius 3 is 2.60 bits per heavy atom. The SMILES string of the molecule is CCOC(=O)C(CN)(Cc1cc(F)ccc1N)C(C)C. The minimum absolute atomic E-state index is 0.0470. The zero-order valence-corrected chi connectivity index (χ0v) is 12.3. The van der Waals surface area contributed by atoms with E-state index >= 15 is 0 Å². The lowest BCUT2D eigenvalue weighted by Crippen LogP contribution is -2.46. The Morgan fingerprint density at radius 2 is 2.10 bits per heavy atom. The van der Waals surface area contributed by atoms with Gasteiger partial charge in [0, 0.05) is 12.2 Å². The number of esters is 1. The Bertz CT molecular complexity index is 477. The zero-order chi connectivity index (χ0) is 15.3. The number of benzene rings is 1. The van der Waals surface area contributed by atoms with Gasteiger partial charge in [0.05, 0.1) is 12.0 Å². The highest BCUT2D eigenvalue weighted by Crippen LogP contribution is 2.34. The monoisotopic (exact) mass is 282 g/mol. The molecule has 1 atom stereocenters. The molecule has 0 saturated carbocycles. The van der Waals surface area contributed by atoms with Gasteiger partial charge in [-0.3, -0.25) is 4.79 Å². The summed E-state index contributed by atoms with van der Waals surface area (Å²) in [5, 5.41) is 0. The quantitative estimate of drug-likeness (QED) is 0.619. The molecule has 0 radical (unpaired) electrons. The van der Waals surface area contributed by atoms with Gasteiger partial charge in [0.15, 0.2) is 0 Å². The van der Waals surface area contributed by atoms with E-state index in [0.717, 1.165) is 0 Å². The molecule has 0 aliphatic carbocycles. The van der Waals surface area contributed by atoms with Gasteiger partial charge in [0.25, 0.3) is 0 Å². The Morgan fingerprint density at radius 1 is 1.45 bits per heavy atom. The first-order valence-electron chi connectivity index (χ1n) is 6.78. The van der Waals surface area contributed by atoms with Gasteiger partial charge < -0.3 is 16.2 Å². The average Bonchev–Trinajstić information content (AvgIpc) is 2.39. The number of carbonyl (C=O) groups is 1. The first kappa shape index (κ1) is 16.4. The van der Waals surface area contributed by atoms with Gasteiger partial charge >= 0.3 is 5.97 Å². The molecule has 0 aliphatic heterocycles. The van der Waals surface area contributed by atoms with Crippen molar-refractivity contribution >= 4 is 11.7 Å². The molecule has 0 aliphatic rings. The van der Waals surface area contributed by atoms with Crippen molar-refractivity contribution in [1.82, 2.24) is 0 Å². The van der Waals surface area contributed by atoms with Crippen LogP contribution in [0.2, 0.25) is 0 Å². The van der Waals surface area contributed by atoms with Crippen LogP contribution in [0, 0.1) is 17.2 Å². The molecular weight excluding hydrogens is 259 g/mol. The van der Waals surface area contributed by atoms with Crippen molar-refractivity contribution in [2.45, 2.75) is 27.2 Å². The molecule has 0 amide bonds. The predicted octanol–water partition coefficient (Wildman–Crippen LogP) is 2.11. The summed E-state index contributed by atoms with van der Waals surface area (Å²) in [7, 11) is 0. The smallest absolute Gasteiger partial charge is 0.313 e. The fraction of sp³-hybridized carbons (Fsp3) is 0.533. The lowest BCUT2D eigenvalue weighted by atomic mass is 9.72. The standard InChI is InChI=1S/C15H23FN2O2/c1-4-20-14(19)15(9-17,10(2)3)8-11-7-12(16)5-6-13(11)18/h5-7,10H,4,8-9,17-18H2,1-3H3. The van der Waals surface area contributed by atoms with Crippen LogP contribution in [-0.4, -0.2) is 19.1 Å². The molecular formula is C15H23FN2O2. The van der Waals surface area contributed by atoms with Crippen LogP contribution in [-0.2, 0) is 16.0 Å². The van der Waals surface area contributed by atoms with E-state index in [9.17, 15) is 9.18 Å². The maximum absolute atomic E-state index is 13.4. The summed E-state index contributed by atoms with van der Waals surface area (Å²) < 4.78 is 18.5. The van der Waals surface area contributed by atoms with Crippen LogP contribution >= 0.6 is 0 Å². The molecule has 0 heterocycles. The van der Waals surface area contributed by atoms with E-state index in [-0.39, 0.29) is 37.3 Å². The lowest BCUT2D eigenvalue weighted by Gasteiger charge is -2.34. The molecule has 4 N–H and O–H groups in total. The second-order valence-electron chi connectivity index (χ2n) is 5.26. The summed E-state index contributed by atoms with van der Waals surface area (Å²) in [4.78, 5) is 12.3. The average molecular weight is 282 g/mol. The number of ether oxygens (including phenoxy) is 1. The van der Waals surface area contributed by atoms with E-state index in [1.165, 1.54) is 18.2 Å². The van der Waals surface area contributed by atoms with Crippen molar-refractivity contribution in [3.8, 4) is 0 Å². The van der Waals surface area contributed by atoms with Gasteiger partial charge in [0.2, 0.25) is 0 Å². The van der Waals surface area contributed by atoms with Gasteiger partial charge in [0.1, 0.15) is 5.82 Å². The van der Waals surface area contributed by atoms with Crippen molar-refractivity contribution in [3.63, 3.8) is 0 Å². The van der Waals surface area contributed by atoms with Crippen LogP contribution in [0.3, 0.4) is 0 Å². The Kier molecular flexibility index (Phi) is 5.51. The van der Waals surface area contributed by atoms with Crippen molar-refractivity contribution in [2.75, 3.05) is 18.9 Å². The van der Waals surface area contributed by atoms with E-state index < -0.39 is 5.41 Å². The molecule has 1 aromatic carbocycles. The van der Waals surface area contributed by atoms with Crippen LogP contribution in [0.4, 0.5) is 10.1 Å². The Balaban J connectivity index is 3.18. The Hall–Kier alpha value is -1.62. The molecule has 0 fully saturated rings. The second kappa shape index (κ2) is 6.70. The van der Waals surface area contributed by atoms with E-state index in [2.05, 4.69) is 0 Å². The van der Waals surface area contributed by atoms with Crippen molar-refractivity contribution in [2.24, 2.45) is 17.1 Å². The normalized spacial score (nSPS) is 14.1. The van der Waals surface area contributed by atoms with Gasteiger partial charge in [-0.25, -0.2) is 4.39 Å². The third kappa shape index (κ3) is 3.28. The maximum Gasteiger partial charge on any atom is 0.313 e. The summed E-state index contributed by atoms with van der Waals surface area (Å²) in [5.41, 5.74) is 11.8. The van der Waals surface area contributed by atoms with Crippen LogP contribution in [0.5, 0.6) is 0 Å². The van der Waals surface area contributed by atoms with Crippen LogP contribution < -0.4 is 11.5 Å². The number of halogens is 1. The molecule has 0 bridgehead atoms. The van der Waals surface area contributed by atoms with E-state index in [1.807, 2.05) is 13.8 Å². The summed E-state index contributed by atoms with van der Waals surface area (Å²) >= 11 is 0. The van der Waals surface area contributed by atoms with Crippen molar-refractivity contribution in [1.29, 1.82) is 0 Å². The first-order chi connectivity index (χ1) is 9.37. The van der Waals surface area contributed by atoms with E-state index in [4.69, 9.17) is 16.2 Å². The van der Waals surface area contributed by atoms with Gasteiger partial charge in [-0.15, -0.1) is 0 Å². The molecule has 1 rings (SSSR count). The molecule has 0 saturated heterocycles. The highest BCUT2D eigenvalue weighted by Gasteiger charge is 2.42. The lowest BCUT2D eigenvalue weighted by molar-refractivity contribution is -0.157. The molecule has 5 heteroatoms. The fourth-order valence-electron chi connectivity index (χ4n) is 2.25. The predicted molar refractivity (Wildman–Crippen MR) is 77.5 cm³/mol. The van der Waals surface area contributed by atoms with E-state index in [0.29, 0.717) is 11.3 Å². The summed E-state index contributed by atoms with van der Waals surface area (Å²) in [6, 6.07) is 4.14. The maximum atomic E-state index is 13.4. The highest BCUT2D eigenvalue weighted by atomic mass is 19.1. The largest absolute Gasteiger partial charge is 0.466 e. The minimum atomic E-state index is -0.891. The molecule has 0 spiro atoms. The van der Waals surface area contributed by atoms with Crippen molar-refractivity contribution < 1.29 is 13.9 Å². The summed E-state index contributed by atoms with van der Waals surface area (Å²) in [5.74, 6) is -0.789. The number of hydrogen-bond acceptors (Lipinski definition) is 4. The van der Waals surface area contributed by atoms with Crippen LogP contribution in [0.1, 0.15) is 26.3 Å². The summed E-state index contributed by atoms with van der Waals surface area (Å²) in [6.45, 7) is 5.96. The second-order valence-corrected chi connectivity index (χ2v) is 5.26. The van der Waals surface area contributed by atoms with Gasteiger partial charge in [-0.1, -0.05) is 13.8 Å². The van der Waals surface area contributed by atoms with Crippen LogP contribution in [0.15, 0.2) is 18.2 Å². The number of rotatable bonds is 6. The fourth-order valence-corrected chi connectivity index (χ4v) is 2.25. The number of anilines is 1. The van der Waals surface area contributed by atoms with Gasteiger partial charge in [-0.05, 0) is 43.0 Å². The molecule has 0 aromatic heterocycles. The third-order valence-electron chi connectivity index (χ3n) is 3.76. The molecule has 1 unspecified atom stereocenters. The van der Waals surface area contributed by atoms with Crippen LogP contribution in [0.25, 0.3) is 0 Å². The summed E-state index contributed by atoms with van der Waals surface area (Å²) in [6.07, 6.45) is 0.267. The number of hydrogen-bond donors (Lipinski definition) is 2. The van der Waals surface area contributed by atoms with E-state index in [1.54, 1.807) is 6.92 Å². The topological polar surface area (TPSA) is 78.3 Å². The molecule has 112 valence electrons. The zero-order valence-electron chi connectivity index (χ0n) is 12.3. The molecule has 1 aromatic rings.